The molecule has 0 atom stereocenters. The van der Waals surface area contributed by atoms with Gasteiger partial charge in [0.05, 0.1) is 0 Å². The number of fused-ring (bicyclic) bond motifs is 1. The molecule has 0 aliphatic carbocycles. The second-order valence-electron chi connectivity index (χ2n) is 2.39. The zero-order chi connectivity index (χ0) is 9.42. The Morgan fingerprint density at radius 2 is 2.46 bits per heavy atom. The molecule has 0 unspecified atom stereocenters. The van der Waals surface area contributed by atoms with Gasteiger partial charge < -0.3 is 5.73 Å². The maximum Gasteiger partial charge on any atom is 0.254 e. The van der Waals surface area contributed by atoms with Gasteiger partial charge in [-0.05, 0) is 6.26 Å². The molecule has 2 aromatic heterocycles. The van der Waals surface area contributed by atoms with Crippen LogP contribution < -0.4 is 11.3 Å². The van der Waals surface area contributed by atoms with Gasteiger partial charge in [-0.3, -0.25) is 9.78 Å². The van der Waals surface area contributed by atoms with Crippen LogP contribution in [0.1, 0.15) is 0 Å². The van der Waals surface area contributed by atoms with E-state index < -0.39 is 0 Å². The summed E-state index contributed by atoms with van der Waals surface area (Å²) in [5.41, 5.74) is 5.28. The molecule has 0 spiro atoms. The van der Waals surface area contributed by atoms with E-state index in [1.807, 2.05) is 6.26 Å². The standard InChI is InChI=1S/C6H7N5OS/c1-13-6-9-5-8-4(12)2-3(7)11(5)10-6/h2H,7H2,1H3,(H,8,9,10,12). The third-order valence-electron chi connectivity index (χ3n) is 1.53. The fourth-order valence-corrected chi connectivity index (χ4v) is 1.32. The Kier molecular flexibility index (Phi) is 1.73. The monoisotopic (exact) mass is 197 g/mol. The second-order valence-corrected chi connectivity index (χ2v) is 3.17. The van der Waals surface area contributed by atoms with E-state index in [4.69, 9.17) is 5.73 Å². The highest BCUT2D eigenvalue weighted by atomic mass is 32.2. The third-order valence-corrected chi connectivity index (χ3v) is 2.07. The van der Waals surface area contributed by atoms with Crippen molar-refractivity contribution in [3.8, 4) is 0 Å². The molecule has 6 nitrogen and oxygen atoms in total. The molecule has 3 N–H and O–H groups in total. The SMILES string of the molecule is CSc1nc2[nH]c(=O)cc(N)n2n1. The molecule has 0 saturated carbocycles. The number of nitrogens with zero attached hydrogens (tertiary/aromatic N) is 3. The van der Waals surface area contributed by atoms with Gasteiger partial charge in [0.1, 0.15) is 5.82 Å². The number of thioether (sulfide) groups is 1. The molecule has 2 rings (SSSR count). The number of aromatic amines is 1. The van der Waals surface area contributed by atoms with Crippen LogP contribution >= 0.6 is 11.8 Å². The van der Waals surface area contributed by atoms with E-state index in [1.54, 1.807) is 0 Å². The van der Waals surface area contributed by atoms with Crippen molar-refractivity contribution in [1.29, 1.82) is 0 Å². The molecule has 0 aromatic carbocycles. The van der Waals surface area contributed by atoms with Gasteiger partial charge in [0.15, 0.2) is 0 Å². The van der Waals surface area contributed by atoms with Crippen LogP contribution in [0.25, 0.3) is 5.78 Å². The number of anilines is 1. The Bertz CT molecular complexity index is 501. The summed E-state index contributed by atoms with van der Waals surface area (Å²) in [6.07, 6.45) is 1.85. The van der Waals surface area contributed by atoms with E-state index in [9.17, 15) is 4.79 Å². The van der Waals surface area contributed by atoms with E-state index in [0.717, 1.165) is 0 Å². The molecule has 0 aliphatic rings. The van der Waals surface area contributed by atoms with Gasteiger partial charge in [0.25, 0.3) is 5.56 Å². The predicted molar refractivity (Wildman–Crippen MR) is 49.8 cm³/mol. The molecular weight excluding hydrogens is 190 g/mol. The van der Waals surface area contributed by atoms with Gasteiger partial charge in [0, 0.05) is 6.07 Å². The first-order chi connectivity index (χ1) is 6.20. The molecule has 0 amide bonds. The highest BCUT2D eigenvalue weighted by Crippen LogP contribution is 2.10. The summed E-state index contributed by atoms with van der Waals surface area (Å²) >= 11 is 1.39. The van der Waals surface area contributed by atoms with Gasteiger partial charge >= 0.3 is 0 Å². The Balaban J connectivity index is 2.83. The maximum atomic E-state index is 11.0. The molecule has 68 valence electrons. The Hall–Kier alpha value is -1.50. The summed E-state index contributed by atoms with van der Waals surface area (Å²) in [7, 11) is 0. The van der Waals surface area contributed by atoms with E-state index in [0.29, 0.717) is 10.9 Å². The first-order valence-corrected chi connectivity index (χ1v) is 4.73. The van der Waals surface area contributed by atoms with Crippen LogP contribution in [0.15, 0.2) is 16.0 Å². The lowest BCUT2D eigenvalue weighted by atomic mass is 10.6. The van der Waals surface area contributed by atoms with Gasteiger partial charge in [-0.15, -0.1) is 5.10 Å². The minimum atomic E-state index is -0.273. The fraction of sp³-hybridized carbons (Fsp3) is 0.167. The van der Waals surface area contributed by atoms with Crippen LogP contribution in [-0.4, -0.2) is 25.8 Å². The normalized spacial score (nSPS) is 10.8. The van der Waals surface area contributed by atoms with Gasteiger partial charge in [-0.2, -0.15) is 9.50 Å². The van der Waals surface area contributed by atoms with Crippen molar-refractivity contribution in [1.82, 2.24) is 19.6 Å². The smallest absolute Gasteiger partial charge is 0.254 e. The van der Waals surface area contributed by atoms with Crippen LogP contribution in [-0.2, 0) is 0 Å². The van der Waals surface area contributed by atoms with Crippen molar-refractivity contribution >= 4 is 23.4 Å². The molecule has 0 fully saturated rings. The maximum absolute atomic E-state index is 11.0. The van der Waals surface area contributed by atoms with Crippen molar-refractivity contribution in [2.75, 3.05) is 12.0 Å². The fourth-order valence-electron chi connectivity index (χ4n) is 0.982. The lowest BCUT2D eigenvalue weighted by Gasteiger charge is -1.93. The first-order valence-electron chi connectivity index (χ1n) is 3.50. The van der Waals surface area contributed by atoms with Crippen molar-refractivity contribution in [3.05, 3.63) is 16.4 Å². The molecule has 0 saturated heterocycles. The molecule has 0 radical (unpaired) electrons. The summed E-state index contributed by atoms with van der Waals surface area (Å²) in [4.78, 5) is 17.5. The van der Waals surface area contributed by atoms with E-state index in [-0.39, 0.29) is 11.4 Å². The Morgan fingerprint density at radius 3 is 3.15 bits per heavy atom. The van der Waals surface area contributed by atoms with Crippen LogP contribution in [0.2, 0.25) is 0 Å². The number of nitrogen functional groups attached to an aromatic ring is 1. The highest BCUT2D eigenvalue weighted by molar-refractivity contribution is 7.98. The number of rotatable bonds is 1. The van der Waals surface area contributed by atoms with Crippen molar-refractivity contribution in [2.24, 2.45) is 0 Å². The van der Waals surface area contributed by atoms with Crippen LogP contribution in [0.4, 0.5) is 5.82 Å². The lowest BCUT2D eigenvalue weighted by molar-refractivity contribution is 0.887. The van der Waals surface area contributed by atoms with E-state index >= 15 is 0 Å². The van der Waals surface area contributed by atoms with Crippen molar-refractivity contribution in [2.45, 2.75) is 5.16 Å². The van der Waals surface area contributed by atoms with Crippen molar-refractivity contribution in [3.63, 3.8) is 0 Å². The van der Waals surface area contributed by atoms with Gasteiger partial charge in [-0.25, -0.2) is 0 Å². The summed E-state index contributed by atoms with van der Waals surface area (Å²) in [5, 5.41) is 4.62. The van der Waals surface area contributed by atoms with Crippen LogP contribution in [0.5, 0.6) is 0 Å². The summed E-state index contributed by atoms with van der Waals surface area (Å²) in [5.74, 6) is 0.654. The second kappa shape index (κ2) is 2.77. The predicted octanol–water partition coefficient (Wildman–Crippen LogP) is -0.278. The van der Waals surface area contributed by atoms with Crippen molar-refractivity contribution < 1.29 is 0 Å². The van der Waals surface area contributed by atoms with E-state index in [1.165, 1.54) is 22.3 Å². The topological polar surface area (TPSA) is 89.1 Å². The largest absolute Gasteiger partial charge is 0.383 e. The third kappa shape index (κ3) is 1.26. The Morgan fingerprint density at radius 1 is 1.69 bits per heavy atom. The first kappa shape index (κ1) is 8.11. The number of hydrogen-bond donors (Lipinski definition) is 2. The van der Waals surface area contributed by atoms with Crippen LogP contribution in [0, 0.1) is 0 Å². The number of aromatic nitrogens is 4. The molecule has 2 heterocycles. The van der Waals surface area contributed by atoms with E-state index in [2.05, 4.69) is 15.1 Å². The minimum Gasteiger partial charge on any atom is -0.383 e. The number of nitrogens with one attached hydrogen (secondary N) is 1. The minimum absolute atomic E-state index is 0.273. The zero-order valence-electron chi connectivity index (χ0n) is 6.81. The summed E-state index contributed by atoms with van der Waals surface area (Å²) < 4.78 is 1.40. The molecule has 7 heteroatoms. The average Bonchev–Trinajstić information content (AvgIpc) is 2.47. The molecule has 2 aromatic rings. The summed E-state index contributed by atoms with van der Waals surface area (Å²) in [6.45, 7) is 0. The number of nitrogens with two attached hydrogens (primary N) is 1. The lowest BCUT2D eigenvalue weighted by Crippen LogP contribution is -2.11. The average molecular weight is 197 g/mol. The zero-order valence-corrected chi connectivity index (χ0v) is 7.63. The number of H-pyrrole nitrogens is 1. The van der Waals surface area contributed by atoms with Crippen LogP contribution in [0.3, 0.4) is 0 Å². The Labute approximate surface area is 77.2 Å². The number of hydrogen-bond acceptors (Lipinski definition) is 5. The summed E-state index contributed by atoms with van der Waals surface area (Å²) in [6, 6.07) is 1.27. The van der Waals surface area contributed by atoms with Gasteiger partial charge in [0.2, 0.25) is 10.9 Å². The highest BCUT2D eigenvalue weighted by Gasteiger charge is 2.05. The molecule has 0 aliphatic heterocycles. The molecule has 13 heavy (non-hydrogen) atoms. The molecule has 0 bridgehead atoms. The van der Waals surface area contributed by atoms with Gasteiger partial charge in [-0.1, -0.05) is 11.8 Å². The quantitative estimate of drug-likeness (QED) is 0.614. The molecular formula is C6H7N5OS.